The highest BCUT2D eigenvalue weighted by molar-refractivity contribution is 7.80. The van der Waals surface area contributed by atoms with Gasteiger partial charge in [0.25, 0.3) is 0 Å². The Balaban J connectivity index is 3.53. The van der Waals surface area contributed by atoms with Crippen LogP contribution in [-0.2, 0) is 9.59 Å². The average molecular weight is 175 g/mol. The smallest absolute Gasteiger partial charge is 0.236 e. The fraction of sp³-hybridized carbons (Fsp3) is 0.400. The molecule has 2 amide bonds. The quantitative estimate of drug-likeness (QED) is 0.442. The summed E-state index contributed by atoms with van der Waals surface area (Å²) in [5, 5.41) is 2.23. The second-order valence-corrected chi connectivity index (χ2v) is 2.41. The maximum Gasteiger partial charge on any atom is 0.236 e. The fourth-order valence-electron chi connectivity index (χ4n) is 0.406. The van der Waals surface area contributed by atoms with Gasteiger partial charge in [-0.05, 0) is 0 Å². The molecule has 0 saturated carbocycles. The Morgan fingerprint density at radius 3 is 2.27 bits per heavy atom. The number of hydrogen-bond donors (Lipinski definition) is 3. The summed E-state index contributed by atoms with van der Waals surface area (Å²) in [5.74, 6) is -0.988. The molecule has 0 unspecified atom stereocenters. The van der Waals surface area contributed by atoms with Gasteiger partial charge in [0.15, 0.2) is 0 Å². The van der Waals surface area contributed by atoms with Gasteiger partial charge in [0.1, 0.15) is 0 Å². The largest absolute Gasteiger partial charge is 0.393 e. The van der Waals surface area contributed by atoms with Crippen LogP contribution in [0.15, 0.2) is 0 Å². The molecule has 0 aliphatic rings. The fourth-order valence-corrected chi connectivity index (χ4v) is 0.538. The van der Waals surface area contributed by atoms with Gasteiger partial charge in [-0.3, -0.25) is 9.59 Å². The van der Waals surface area contributed by atoms with E-state index >= 15 is 0 Å². The van der Waals surface area contributed by atoms with Crippen LogP contribution in [0.5, 0.6) is 0 Å². The van der Waals surface area contributed by atoms with Gasteiger partial charge in [-0.1, -0.05) is 12.2 Å². The standard InChI is InChI=1S/C5H9N3O2S/c6-3(9)2-8-5(10)1-4(7)11/h1-2H2,(H2,6,9)(H2,7,11)(H,8,10). The number of nitrogens with two attached hydrogens (primary N) is 2. The molecule has 6 heteroatoms. The minimum Gasteiger partial charge on any atom is -0.393 e. The summed E-state index contributed by atoms with van der Waals surface area (Å²) < 4.78 is 0. The van der Waals surface area contributed by atoms with Crippen molar-refractivity contribution in [1.82, 2.24) is 5.32 Å². The molecule has 0 aliphatic carbocycles. The maximum absolute atomic E-state index is 10.7. The lowest BCUT2D eigenvalue weighted by molar-refractivity contribution is -0.124. The summed E-state index contributed by atoms with van der Waals surface area (Å²) in [6.07, 6.45) is -0.0530. The van der Waals surface area contributed by atoms with Gasteiger partial charge in [-0.15, -0.1) is 0 Å². The lowest BCUT2D eigenvalue weighted by atomic mass is 10.4. The van der Waals surface area contributed by atoms with E-state index in [2.05, 4.69) is 17.5 Å². The van der Waals surface area contributed by atoms with Crippen molar-refractivity contribution in [2.45, 2.75) is 6.42 Å². The van der Waals surface area contributed by atoms with E-state index in [4.69, 9.17) is 11.5 Å². The Hall–Kier alpha value is -1.17. The summed E-state index contributed by atoms with van der Waals surface area (Å²) in [7, 11) is 0. The van der Waals surface area contributed by atoms with E-state index in [1.54, 1.807) is 0 Å². The zero-order valence-electron chi connectivity index (χ0n) is 5.79. The van der Waals surface area contributed by atoms with Crippen LogP contribution in [0.2, 0.25) is 0 Å². The molecule has 0 aliphatic heterocycles. The third-order valence-electron chi connectivity index (χ3n) is 0.795. The highest BCUT2D eigenvalue weighted by Gasteiger charge is 2.02. The van der Waals surface area contributed by atoms with E-state index in [0.717, 1.165) is 0 Å². The summed E-state index contributed by atoms with van der Waals surface area (Å²) in [6, 6.07) is 0. The van der Waals surface area contributed by atoms with Crippen LogP contribution in [0.25, 0.3) is 0 Å². The van der Waals surface area contributed by atoms with E-state index in [-0.39, 0.29) is 18.0 Å². The first kappa shape index (κ1) is 9.83. The number of primary amides is 1. The first-order valence-corrected chi connectivity index (χ1v) is 3.26. The summed E-state index contributed by atoms with van der Waals surface area (Å²) in [6.45, 7) is -0.179. The molecule has 0 spiro atoms. The van der Waals surface area contributed by atoms with Crippen molar-refractivity contribution in [1.29, 1.82) is 0 Å². The Labute approximate surface area is 69.1 Å². The first-order valence-electron chi connectivity index (χ1n) is 2.85. The Morgan fingerprint density at radius 2 is 1.91 bits per heavy atom. The molecule has 0 aromatic carbocycles. The topological polar surface area (TPSA) is 98.2 Å². The third-order valence-corrected chi connectivity index (χ3v) is 0.939. The number of hydrogen-bond acceptors (Lipinski definition) is 3. The van der Waals surface area contributed by atoms with Gasteiger partial charge in [-0.25, -0.2) is 0 Å². The molecular formula is C5H9N3O2S. The van der Waals surface area contributed by atoms with E-state index in [9.17, 15) is 9.59 Å². The van der Waals surface area contributed by atoms with Crippen LogP contribution in [0.1, 0.15) is 6.42 Å². The van der Waals surface area contributed by atoms with E-state index in [1.165, 1.54) is 0 Å². The molecule has 0 aromatic rings. The number of thiocarbonyl (C=S) groups is 1. The molecule has 0 rings (SSSR count). The van der Waals surface area contributed by atoms with E-state index in [1.807, 2.05) is 0 Å². The summed E-state index contributed by atoms with van der Waals surface area (Å²) in [5.41, 5.74) is 9.81. The lowest BCUT2D eigenvalue weighted by Crippen LogP contribution is -2.35. The maximum atomic E-state index is 10.7. The van der Waals surface area contributed by atoms with Crippen LogP contribution >= 0.6 is 12.2 Å². The van der Waals surface area contributed by atoms with Crippen molar-refractivity contribution in [3.05, 3.63) is 0 Å². The molecule has 0 heterocycles. The lowest BCUT2D eigenvalue weighted by Gasteiger charge is -1.99. The highest BCUT2D eigenvalue weighted by atomic mass is 32.1. The molecule has 0 radical (unpaired) electrons. The highest BCUT2D eigenvalue weighted by Crippen LogP contribution is 1.78. The Morgan fingerprint density at radius 1 is 1.36 bits per heavy atom. The van der Waals surface area contributed by atoms with Crippen LogP contribution in [0.4, 0.5) is 0 Å². The van der Waals surface area contributed by atoms with E-state index in [0.29, 0.717) is 0 Å². The first-order chi connectivity index (χ1) is 5.02. The molecule has 0 saturated heterocycles. The molecule has 0 atom stereocenters. The zero-order chi connectivity index (χ0) is 8.85. The minimum absolute atomic E-state index is 0.0530. The van der Waals surface area contributed by atoms with Gasteiger partial charge in [0.2, 0.25) is 11.8 Å². The van der Waals surface area contributed by atoms with Crippen molar-refractivity contribution in [2.75, 3.05) is 6.54 Å². The van der Waals surface area contributed by atoms with Crippen molar-refractivity contribution < 1.29 is 9.59 Å². The van der Waals surface area contributed by atoms with Crippen LogP contribution in [0.3, 0.4) is 0 Å². The molecular weight excluding hydrogens is 166 g/mol. The van der Waals surface area contributed by atoms with Crippen LogP contribution in [0, 0.1) is 0 Å². The SMILES string of the molecule is NC(=O)CNC(=O)CC(N)=S. The second-order valence-electron chi connectivity index (χ2n) is 1.89. The van der Waals surface area contributed by atoms with Gasteiger partial charge in [-0.2, -0.15) is 0 Å². The number of rotatable bonds is 4. The molecule has 5 nitrogen and oxygen atoms in total. The van der Waals surface area contributed by atoms with Crippen molar-refractivity contribution in [3.63, 3.8) is 0 Å². The molecule has 11 heavy (non-hydrogen) atoms. The Kier molecular flexibility index (Phi) is 4.12. The third kappa shape index (κ3) is 6.72. The Bertz CT molecular complexity index is 192. The number of amides is 2. The van der Waals surface area contributed by atoms with Crippen LogP contribution in [-0.4, -0.2) is 23.3 Å². The van der Waals surface area contributed by atoms with Gasteiger partial charge in [0.05, 0.1) is 18.0 Å². The van der Waals surface area contributed by atoms with Crippen molar-refractivity contribution in [3.8, 4) is 0 Å². The van der Waals surface area contributed by atoms with Crippen LogP contribution < -0.4 is 16.8 Å². The summed E-state index contributed by atoms with van der Waals surface area (Å²) in [4.78, 5) is 20.9. The monoisotopic (exact) mass is 175 g/mol. The predicted octanol–water partition coefficient (Wildman–Crippen LogP) is -1.74. The molecule has 0 bridgehead atoms. The number of carbonyl (C=O) groups is 2. The molecule has 62 valence electrons. The molecule has 0 fully saturated rings. The summed E-state index contributed by atoms with van der Waals surface area (Å²) >= 11 is 4.45. The average Bonchev–Trinajstić information content (AvgIpc) is 1.82. The van der Waals surface area contributed by atoms with Crippen molar-refractivity contribution >= 4 is 29.0 Å². The molecule has 5 N–H and O–H groups in total. The molecule has 0 aromatic heterocycles. The second kappa shape index (κ2) is 4.62. The van der Waals surface area contributed by atoms with Gasteiger partial charge >= 0.3 is 0 Å². The van der Waals surface area contributed by atoms with Gasteiger partial charge < -0.3 is 16.8 Å². The number of carbonyl (C=O) groups excluding carboxylic acids is 2. The van der Waals surface area contributed by atoms with E-state index < -0.39 is 11.8 Å². The zero-order valence-corrected chi connectivity index (χ0v) is 6.61. The van der Waals surface area contributed by atoms with Gasteiger partial charge in [0, 0.05) is 0 Å². The minimum atomic E-state index is -0.596. The van der Waals surface area contributed by atoms with Crippen molar-refractivity contribution in [2.24, 2.45) is 11.5 Å². The predicted molar refractivity (Wildman–Crippen MR) is 43.6 cm³/mol. The normalized spacial score (nSPS) is 8.73. The number of nitrogens with one attached hydrogen (secondary N) is 1.